The second kappa shape index (κ2) is 4.27. The van der Waals surface area contributed by atoms with Crippen molar-refractivity contribution in [2.45, 2.75) is 6.04 Å². The van der Waals surface area contributed by atoms with Crippen molar-refractivity contribution in [3.8, 4) is 5.75 Å². The van der Waals surface area contributed by atoms with E-state index in [4.69, 9.17) is 0 Å². The molecule has 3 N–H and O–H groups in total. The minimum atomic E-state index is -0.383. The average molecular weight is 243 g/mol. The molecule has 1 amide bonds. The highest BCUT2D eigenvalue weighted by molar-refractivity contribution is 5.93. The first-order valence-corrected chi connectivity index (χ1v) is 5.85. The van der Waals surface area contributed by atoms with Crippen LogP contribution in [0.15, 0.2) is 30.5 Å². The Morgan fingerprint density at radius 1 is 1.28 bits per heavy atom. The normalized spacial score (nSPS) is 19.8. The van der Waals surface area contributed by atoms with E-state index in [1.165, 1.54) is 0 Å². The van der Waals surface area contributed by atoms with Gasteiger partial charge in [0, 0.05) is 24.7 Å². The third-order valence-corrected chi connectivity index (χ3v) is 3.13. The lowest BCUT2D eigenvalue weighted by Crippen LogP contribution is -2.47. The third kappa shape index (κ3) is 1.69. The molecule has 2 heterocycles. The first kappa shape index (κ1) is 11.0. The Morgan fingerprint density at radius 2 is 2.17 bits per heavy atom. The fourth-order valence-electron chi connectivity index (χ4n) is 2.28. The summed E-state index contributed by atoms with van der Waals surface area (Å²) in [5, 5.41) is 16.6. The van der Waals surface area contributed by atoms with E-state index in [2.05, 4.69) is 15.6 Å². The number of hydrogen-bond acceptors (Lipinski definition) is 4. The van der Waals surface area contributed by atoms with Crippen LogP contribution in [0.3, 0.4) is 0 Å². The molecule has 1 aromatic carbocycles. The summed E-state index contributed by atoms with van der Waals surface area (Å²) in [6.07, 6.45) is 1.61. The molecule has 0 spiro atoms. The maximum Gasteiger partial charge on any atom is 0.241 e. The number of aromatic nitrogens is 1. The molecule has 1 aliphatic rings. The molecule has 18 heavy (non-hydrogen) atoms. The van der Waals surface area contributed by atoms with E-state index in [9.17, 15) is 9.90 Å². The number of piperazine rings is 1. The van der Waals surface area contributed by atoms with Crippen molar-refractivity contribution in [2.75, 3.05) is 13.1 Å². The summed E-state index contributed by atoms with van der Waals surface area (Å²) in [6, 6.07) is 6.63. The number of phenols is 1. The zero-order valence-corrected chi connectivity index (χ0v) is 9.68. The average Bonchev–Trinajstić information content (AvgIpc) is 2.40. The van der Waals surface area contributed by atoms with Crippen molar-refractivity contribution in [3.63, 3.8) is 0 Å². The van der Waals surface area contributed by atoms with Crippen LogP contribution in [0.1, 0.15) is 11.6 Å². The van der Waals surface area contributed by atoms with Gasteiger partial charge in [-0.25, -0.2) is 0 Å². The van der Waals surface area contributed by atoms with Gasteiger partial charge in [0.2, 0.25) is 5.91 Å². The molecule has 5 nitrogen and oxygen atoms in total. The topological polar surface area (TPSA) is 74.2 Å². The molecule has 0 radical (unpaired) electrons. The molecule has 0 bridgehead atoms. The number of fused-ring (bicyclic) bond motifs is 1. The van der Waals surface area contributed by atoms with Gasteiger partial charge in [0.25, 0.3) is 0 Å². The molecule has 5 heteroatoms. The zero-order valence-electron chi connectivity index (χ0n) is 9.68. The number of amides is 1. The molecule has 2 aromatic rings. The summed E-state index contributed by atoms with van der Waals surface area (Å²) < 4.78 is 0. The van der Waals surface area contributed by atoms with E-state index in [0.29, 0.717) is 12.1 Å². The van der Waals surface area contributed by atoms with Crippen LogP contribution in [0.2, 0.25) is 0 Å². The summed E-state index contributed by atoms with van der Waals surface area (Å²) in [5.41, 5.74) is 1.36. The van der Waals surface area contributed by atoms with Crippen LogP contribution in [0.5, 0.6) is 5.75 Å². The maximum absolute atomic E-state index is 11.9. The van der Waals surface area contributed by atoms with Crippen LogP contribution in [-0.2, 0) is 4.79 Å². The monoisotopic (exact) mass is 243 g/mol. The van der Waals surface area contributed by atoms with Gasteiger partial charge in [0.1, 0.15) is 17.3 Å². The fraction of sp³-hybridized carbons (Fsp3) is 0.231. The van der Waals surface area contributed by atoms with Gasteiger partial charge >= 0.3 is 0 Å². The molecule has 0 aliphatic carbocycles. The molecule has 3 rings (SSSR count). The minimum Gasteiger partial charge on any atom is -0.506 e. The number of pyridine rings is 1. The van der Waals surface area contributed by atoms with E-state index in [0.717, 1.165) is 17.5 Å². The second-order valence-electron chi connectivity index (χ2n) is 4.25. The van der Waals surface area contributed by atoms with Crippen LogP contribution in [-0.4, -0.2) is 29.1 Å². The Labute approximate surface area is 104 Å². The van der Waals surface area contributed by atoms with Gasteiger partial charge in [-0.15, -0.1) is 0 Å². The number of carbonyl (C=O) groups excluding carboxylic acids is 1. The van der Waals surface area contributed by atoms with Crippen molar-refractivity contribution in [1.29, 1.82) is 0 Å². The number of hydrogen-bond donors (Lipinski definition) is 3. The Hall–Kier alpha value is -2.14. The van der Waals surface area contributed by atoms with Crippen molar-refractivity contribution >= 4 is 16.8 Å². The van der Waals surface area contributed by atoms with Gasteiger partial charge in [-0.2, -0.15) is 0 Å². The highest BCUT2D eigenvalue weighted by Gasteiger charge is 2.25. The molecular weight excluding hydrogens is 230 g/mol. The highest BCUT2D eigenvalue weighted by atomic mass is 16.3. The Kier molecular flexibility index (Phi) is 2.60. The fourth-order valence-corrected chi connectivity index (χ4v) is 2.28. The number of para-hydroxylation sites is 1. The summed E-state index contributed by atoms with van der Waals surface area (Å²) in [7, 11) is 0. The van der Waals surface area contributed by atoms with Crippen LogP contribution in [0, 0.1) is 0 Å². The molecule has 1 fully saturated rings. The predicted molar refractivity (Wildman–Crippen MR) is 67.2 cm³/mol. The van der Waals surface area contributed by atoms with Crippen LogP contribution in [0.25, 0.3) is 10.9 Å². The van der Waals surface area contributed by atoms with Crippen LogP contribution in [0.4, 0.5) is 0 Å². The number of aromatic hydroxyl groups is 1. The Bertz CT molecular complexity index is 612. The summed E-state index contributed by atoms with van der Waals surface area (Å²) >= 11 is 0. The molecular formula is C13H13N3O2. The smallest absolute Gasteiger partial charge is 0.241 e. The molecule has 1 aliphatic heterocycles. The van der Waals surface area contributed by atoms with E-state index >= 15 is 0 Å². The number of phenolic OH excluding ortho intramolecular Hbond substituents is 1. The van der Waals surface area contributed by atoms with Gasteiger partial charge in [0.05, 0.1) is 0 Å². The van der Waals surface area contributed by atoms with Crippen LogP contribution < -0.4 is 10.6 Å². The number of carbonyl (C=O) groups is 1. The summed E-state index contributed by atoms with van der Waals surface area (Å²) in [5.74, 6) is 0.0858. The lowest BCUT2D eigenvalue weighted by atomic mass is 10.00. The molecule has 1 unspecified atom stereocenters. The van der Waals surface area contributed by atoms with Gasteiger partial charge in [0.15, 0.2) is 0 Å². The predicted octanol–water partition coefficient (Wildman–Crippen LogP) is 0.701. The first-order chi connectivity index (χ1) is 8.77. The lowest BCUT2D eigenvalue weighted by Gasteiger charge is -2.24. The maximum atomic E-state index is 11.9. The molecule has 1 aromatic heterocycles. The summed E-state index contributed by atoms with van der Waals surface area (Å²) in [4.78, 5) is 16.0. The number of nitrogens with zero attached hydrogens (tertiary/aromatic N) is 1. The summed E-state index contributed by atoms with van der Waals surface area (Å²) in [6.45, 7) is 1.38. The van der Waals surface area contributed by atoms with Gasteiger partial charge in [-0.3, -0.25) is 9.78 Å². The Balaban J connectivity index is 2.17. The number of rotatable bonds is 1. The standard InChI is InChI=1S/C13H13N3O2/c17-10-3-1-2-8-9(4-5-14-11(8)10)12-13(18)16-7-6-15-12/h1-5,12,15,17H,6-7H2,(H,16,18). The van der Waals surface area contributed by atoms with Crippen molar-refractivity contribution in [1.82, 2.24) is 15.6 Å². The van der Waals surface area contributed by atoms with E-state index in [1.807, 2.05) is 12.1 Å². The largest absolute Gasteiger partial charge is 0.506 e. The van der Waals surface area contributed by atoms with E-state index < -0.39 is 0 Å². The quantitative estimate of drug-likeness (QED) is 0.689. The van der Waals surface area contributed by atoms with Crippen molar-refractivity contribution in [2.24, 2.45) is 0 Å². The first-order valence-electron chi connectivity index (χ1n) is 5.85. The van der Waals surface area contributed by atoms with Crippen LogP contribution >= 0.6 is 0 Å². The van der Waals surface area contributed by atoms with Gasteiger partial charge in [-0.1, -0.05) is 12.1 Å². The minimum absolute atomic E-state index is 0.0444. The highest BCUT2D eigenvalue weighted by Crippen LogP contribution is 2.28. The molecule has 0 saturated carbocycles. The van der Waals surface area contributed by atoms with Crippen molar-refractivity contribution < 1.29 is 9.90 Å². The molecule has 92 valence electrons. The molecule has 1 atom stereocenters. The van der Waals surface area contributed by atoms with E-state index in [-0.39, 0.29) is 17.7 Å². The van der Waals surface area contributed by atoms with Gasteiger partial charge < -0.3 is 15.7 Å². The third-order valence-electron chi connectivity index (χ3n) is 3.13. The lowest BCUT2D eigenvalue weighted by molar-refractivity contribution is -0.124. The van der Waals surface area contributed by atoms with Crippen molar-refractivity contribution in [3.05, 3.63) is 36.0 Å². The number of benzene rings is 1. The van der Waals surface area contributed by atoms with E-state index in [1.54, 1.807) is 18.3 Å². The SMILES string of the molecule is O=C1NCCNC1c1ccnc2c(O)cccc12. The molecule has 1 saturated heterocycles. The second-order valence-corrected chi connectivity index (χ2v) is 4.25. The Morgan fingerprint density at radius 3 is 3.00 bits per heavy atom. The van der Waals surface area contributed by atoms with Gasteiger partial charge in [-0.05, 0) is 17.7 Å². The number of nitrogens with one attached hydrogen (secondary N) is 2. The zero-order chi connectivity index (χ0) is 12.5.